The van der Waals surface area contributed by atoms with Gasteiger partial charge in [0.2, 0.25) is 0 Å². The summed E-state index contributed by atoms with van der Waals surface area (Å²) in [5.74, 6) is 1.58. The van der Waals surface area contributed by atoms with E-state index in [9.17, 15) is 8.42 Å². The Hall–Kier alpha value is -3.14. The third-order valence-electron chi connectivity index (χ3n) is 6.04. The fourth-order valence-corrected chi connectivity index (χ4v) is 5.59. The lowest BCUT2D eigenvalue weighted by Crippen LogP contribution is -2.34. The van der Waals surface area contributed by atoms with Crippen molar-refractivity contribution in [1.29, 1.82) is 0 Å². The van der Waals surface area contributed by atoms with Gasteiger partial charge in [0.05, 0.1) is 36.9 Å². The second-order valence-electron chi connectivity index (χ2n) is 8.63. The fraction of sp³-hybridized carbons (Fsp3) is 0.308. The van der Waals surface area contributed by atoms with Crippen LogP contribution in [0.1, 0.15) is 13.3 Å². The quantitative estimate of drug-likeness (QED) is 0.402. The predicted molar refractivity (Wildman–Crippen MR) is 140 cm³/mol. The van der Waals surface area contributed by atoms with Crippen LogP contribution >= 0.6 is 11.6 Å². The molecule has 3 aromatic rings. The van der Waals surface area contributed by atoms with Crippen LogP contribution in [0.25, 0.3) is 11.1 Å². The predicted octanol–water partition coefficient (Wildman–Crippen LogP) is 4.96. The van der Waals surface area contributed by atoms with E-state index in [-0.39, 0.29) is 10.6 Å². The summed E-state index contributed by atoms with van der Waals surface area (Å²) in [5.41, 5.74) is 0.863. The van der Waals surface area contributed by atoms with Crippen LogP contribution < -0.4 is 29.0 Å². The Bertz CT molecular complexity index is 1360. The molecule has 0 radical (unpaired) electrons. The van der Waals surface area contributed by atoms with Crippen LogP contribution in [0.5, 0.6) is 23.0 Å². The molecule has 1 atom stereocenters. The first kappa shape index (κ1) is 25.9. The number of sulfonamides is 1. The molecule has 1 fully saturated rings. The highest BCUT2D eigenvalue weighted by atomic mass is 35.5. The van der Waals surface area contributed by atoms with Crippen molar-refractivity contribution in [3.8, 4) is 34.1 Å². The third kappa shape index (κ3) is 5.33. The molecule has 0 spiro atoms. The molecule has 1 aliphatic heterocycles. The maximum atomic E-state index is 13.7. The van der Waals surface area contributed by atoms with Crippen molar-refractivity contribution in [2.24, 2.45) is 0 Å². The second-order valence-corrected chi connectivity index (χ2v) is 10.7. The molecule has 3 aromatic carbocycles. The van der Waals surface area contributed by atoms with Gasteiger partial charge < -0.3 is 24.3 Å². The van der Waals surface area contributed by atoms with E-state index in [2.05, 4.69) is 10.0 Å². The minimum atomic E-state index is -4.10. The smallest absolute Gasteiger partial charge is 0.262 e. The summed E-state index contributed by atoms with van der Waals surface area (Å²) in [6.07, 6.45) is 0.813. The minimum absolute atomic E-state index is 0.00553. The number of benzene rings is 3. The highest BCUT2D eigenvalue weighted by Gasteiger charge is 2.31. The van der Waals surface area contributed by atoms with Crippen molar-refractivity contribution in [3.05, 3.63) is 59.6 Å². The largest absolute Gasteiger partial charge is 0.496 e. The molecular weight excluding hydrogens is 504 g/mol. The Morgan fingerprint density at radius 1 is 0.889 bits per heavy atom. The van der Waals surface area contributed by atoms with E-state index in [1.54, 1.807) is 42.5 Å². The third-order valence-corrected chi connectivity index (χ3v) is 7.78. The van der Waals surface area contributed by atoms with Crippen LogP contribution in [0, 0.1) is 0 Å². The fourth-order valence-electron chi connectivity index (χ4n) is 4.16. The van der Waals surface area contributed by atoms with Crippen molar-refractivity contribution in [2.75, 3.05) is 39.1 Å². The maximum Gasteiger partial charge on any atom is 0.262 e. The average molecular weight is 533 g/mol. The summed E-state index contributed by atoms with van der Waals surface area (Å²) >= 11 is 6.37. The zero-order valence-electron chi connectivity index (χ0n) is 20.6. The van der Waals surface area contributed by atoms with E-state index in [0.29, 0.717) is 45.6 Å². The second kappa shape index (κ2) is 10.5. The number of methoxy groups -OCH3 is 3. The first-order valence-electron chi connectivity index (χ1n) is 11.3. The summed E-state index contributed by atoms with van der Waals surface area (Å²) in [4.78, 5) is -0.00553. The summed E-state index contributed by atoms with van der Waals surface area (Å²) in [7, 11) is 0.373. The molecule has 36 heavy (non-hydrogen) atoms. The van der Waals surface area contributed by atoms with E-state index in [1.807, 2.05) is 13.0 Å². The van der Waals surface area contributed by atoms with Crippen LogP contribution in [0.15, 0.2) is 59.5 Å². The van der Waals surface area contributed by atoms with E-state index in [0.717, 1.165) is 13.0 Å². The molecule has 1 aliphatic rings. The van der Waals surface area contributed by atoms with Crippen LogP contribution in [0.4, 0.5) is 5.69 Å². The molecule has 0 aromatic heterocycles. The highest BCUT2D eigenvalue weighted by Crippen LogP contribution is 2.42. The van der Waals surface area contributed by atoms with Crippen LogP contribution in [-0.2, 0) is 10.0 Å². The molecule has 0 amide bonds. The first-order chi connectivity index (χ1) is 17.2. The van der Waals surface area contributed by atoms with Gasteiger partial charge in [-0.25, -0.2) is 8.42 Å². The normalized spacial score (nSPS) is 17.5. The van der Waals surface area contributed by atoms with Gasteiger partial charge in [0.15, 0.2) is 11.5 Å². The summed E-state index contributed by atoms with van der Waals surface area (Å²) in [6.45, 7) is 3.50. The molecular formula is C26H29ClN2O6S. The number of halogens is 1. The number of para-hydroxylation sites is 1. The topological polar surface area (TPSA) is 95.1 Å². The van der Waals surface area contributed by atoms with Crippen molar-refractivity contribution in [3.63, 3.8) is 0 Å². The Morgan fingerprint density at radius 3 is 2.25 bits per heavy atom. The molecule has 8 nitrogen and oxygen atoms in total. The van der Waals surface area contributed by atoms with Gasteiger partial charge in [0.1, 0.15) is 17.1 Å². The molecule has 2 N–H and O–H groups in total. The lowest BCUT2D eigenvalue weighted by molar-refractivity contribution is 0.111. The lowest BCUT2D eigenvalue weighted by atomic mass is 10.0. The number of anilines is 1. The summed E-state index contributed by atoms with van der Waals surface area (Å²) in [5, 5.41) is 3.66. The van der Waals surface area contributed by atoms with Gasteiger partial charge in [-0.1, -0.05) is 29.8 Å². The summed E-state index contributed by atoms with van der Waals surface area (Å²) < 4.78 is 52.6. The van der Waals surface area contributed by atoms with Gasteiger partial charge in [-0.2, -0.15) is 0 Å². The molecule has 0 unspecified atom stereocenters. The van der Waals surface area contributed by atoms with Gasteiger partial charge in [0.25, 0.3) is 10.0 Å². The van der Waals surface area contributed by atoms with E-state index >= 15 is 0 Å². The van der Waals surface area contributed by atoms with Gasteiger partial charge >= 0.3 is 0 Å². The van der Waals surface area contributed by atoms with Crippen molar-refractivity contribution >= 4 is 27.3 Å². The Labute approximate surface area is 216 Å². The average Bonchev–Trinajstić information content (AvgIpc) is 3.30. The molecule has 0 bridgehead atoms. The van der Waals surface area contributed by atoms with Crippen molar-refractivity contribution in [1.82, 2.24) is 5.32 Å². The van der Waals surface area contributed by atoms with Gasteiger partial charge in [-0.05, 0) is 37.7 Å². The standard InChI is InChI=1S/C26H29ClN2O6S/c1-26(11-12-28-16-26)35-22-13-17(9-10-20(22)27)29-36(30,31)25-15-24(34-4)23(33-3)14-19(25)18-7-5-6-8-21(18)32-2/h5-10,13-15,28-29H,11-12,16H2,1-4H3/t26-/m1/s1. The van der Waals surface area contributed by atoms with Crippen molar-refractivity contribution < 1.29 is 27.4 Å². The first-order valence-corrected chi connectivity index (χ1v) is 13.2. The number of hydrogen-bond donors (Lipinski definition) is 2. The lowest BCUT2D eigenvalue weighted by Gasteiger charge is -2.26. The SMILES string of the molecule is COc1cc(-c2ccccc2OC)c(S(=O)(=O)Nc2ccc(Cl)c(O[C@]3(C)CCNC3)c2)cc1OC. The van der Waals surface area contributed by atoms with Crippen LogP contribution in [0.2, 0.25) is 5.02 Å². The molecule has 0 aliphatic carbocycles. The van der Waals surface area contributed by atoms with E-state index < -0.39 is 15.6 Å². The highest BCUT2D eigenvalue weighted by molar-refractivity contribution is 7.92. The molecule has 0 saturated carbocycles. The molecule has 4 rings (SSSR count). The molecule has 1 heterocycles. The monoisotopic (exact) mass is 532 g/mol. The number of hydrogen-bond acceptors (Lipinski definition) is 7. The Balaban J connectivity index is 1.77. The van der Waals surface area contributed by atoms with E-state index in [4.69, 9.17) is 30.5 Å². The Kier molecular flexibility index (Phi) is 7.54. The van der Waals surface area contributed by atoms with Crippen molar-refractivity contribution in [2.45, 2.75) is 23.8 Å². The van der Waals surface area contributed by atoms with Gasteiger partial charge in [-0.15, -0.1) is 0 Å². The van der Waals surface area contributed by atoms with E-state index in [1.165, 1.54) is 27.4 Å². The minimum Gasteiger partial charge on any atom is -0.496 e. The van der Waals surface area contributed by atoms with Crippen LogP contribution in [-0.4, -0.2) is 48.4 Å². The van der Waals surface area contributed by atoms with Gasteiger partial charge in [0, 0.05) is 36.2 Å². The zero-order chi connectivity index (χ0) is 25.9. The van der Waals surface area contributed by atoms with Gasteiger partial charge in [-0.3, -0.25) is 4.72 Å². The number of rotatable bonds is 9. The molecule has 1 saturated heterocycles. The maximum absolute atomic E-state index is 13.7. The number of nitrogens with one attached hydrogen (secondary N) is 2. The molecule has 10 heteroatoms. The Morgan fingerprint density at radius 2 is 1.58 bits per heavy atom. The summed E-state index contributed by atoms with van der Waals surface area (Å²) in [6, 6.07) is 15.0. The molecule has 192 valence electrons. The number of ether oxygens (including phenoxy) is 4. The zero-order valence-corrected chi connectivity index (χ0v) is 22.1. The van der Waals surface area contributed by atoms with Crippen LogP contribution in [0.3, 0.4) is 0 Å².